The van der Waals surface area contributed by atoms with Crippen LogP contribution in [0, 0.1) is 6.92 Å². The summed E-state index contributed by atoms with van der Waals surface area (Å²) in [5.74, 6) is -0.320. The van der Waals surface area contributed by atoms with E-state index in [0.717, 1.165) is 28.1 Å². The lowest BCUT2D eigenvalue weighted by atomic mass is 10.1. The van der Waals surface area contributed by atoms with Crippen LogP contribution in [0.3, 0.4) is 0 Å². The van der Waals surface area contributed by atoms with Crippen molar-refractivity contribution < 1.29 is 9.59 Å². The van der Waals surface area contributed by atoms with E-state index in [1.54, 1.807) is 11.9 Å². The minimum Gasteiger partial charge on any atom is -0.325 e. The molecule has 2 N–H and O–H groups in total. The van der Waals surface area contributed by atoms with Gasteiger partial charge < -0.3 is 10.6 Å². The minimum atomic E-state index is -0.164. The highest BCUT2D eigenvalue weighted by Gasteiger charge is 2.11. The largest absolute Gasteiger partial charge is 0.325 e. The highest BCUT2D eigenvalue weighted by atomic mass is 16.2. The molecule has 0 aromatic heterocycles. The lowest BCUT2D eigenvalue weighted by Crippen LogP contribution is -2.36. The van der Waals surface area contributed by atoms with E-state index < -0.39 is 0 Å². The van der Waals surface area contributed by atoms with Crippen LogP contribution in [-0.2, 0) is 9.59 Å². The van der Waals surface area contributed by atoms with Gasteiger partial charge in [0.15, 0.2) is 0 Å². The van der Waals surface area contributed by atoms with Crippen LogP contribution in [0.1, 0.15) is 5.56 Å². The number of likely N-dealkylation sites (N-methyl/N-ethyl adjacent to an activating group) is 1. The summed E-state index contributed by atoms with van der Waals surface area (Å²) >= 11 is 0. The lowest BCUT2D eigenvalue weighted by molar-refractivity contribution is -0.119. The number of amides is 2. The molecule has 3 aromatic rings. The Labute approximate surface area is 171 Å². The van der Waals surface area contributed by atoms with E-state index in [-0.39, 0.29) is 24.9 Å². The van der Waals surface area contributed by atoms with Gasteiger partial charge in [-0.2, -0.15) is 0 Å². The van der Waals surface area contributed by atoms with Crippen molar-refractivity contribution in [1.82, 2.24) is 4.90 Å². The number of hydrogen-bond donors (Lipinski definition) is 2. The van der Waals surface area contributed by atoms with E-state index in [1.807, 2.05) is 85.8 Å². The Kier molecular flexibility index (Phi) is 6.76. The number of nitrogens with one attached hydrogen (secondary N) is 2. The zero-order valence-electron chi connectivity index (χ0n) is 16.7. The van der Waals surface area contributed by atoms with Crippen LogP contribution in [0.2, 0.25) is 0 Å². The van der Waals surface area contributed by atoms with Gasteiger partial charge in [0.25, 0.3) is 0 Å². The van der Waals surface area contributed by atoms with E-state index in [0.29, 0.717) is 0 Å². The predicted octanol–water partition coefficient (Wildman–Crippen LogP) is 4.17. The molecule has 5 nitrogen and oxygen atoms in total. The van der Waals surface area contributed by atoms with Crippen molar-refractivity contribution in [2.75, 3.05) is 30.8 Å². The second-order valence-electron chi connectivity index (χ2n) is 7.08. The Balaban J connectivity index is 1.47. The topological polar surface area (TPSA) is 61.4 Å². The summed E-state index contributed by atoms with van der Waals surface area (Å²) in [5.41, 5.74) is 4.83. The average molecular weight is 387 g/mol. The van der Waals surface area contributed by atoms with Gasteiger partial charge in [0, 0.05) is 11.4 Å². The molecule has 3 rings (SSSR count). The third kappa shape index (κ3) is 6.30. The molecular weight excluding hydrogens is 362 g/mol. The second-order valence-corrected chi connectivity index (χ2v) is 7.08. The number of anilines is 2. The second kappa shape index (κ2) is 9.66. The third-order valence-corrected chi connectivity index (χ3v) is 4.44. The number of benzene rings is 3. The lowest BCUT2D eigenvalue weighted by Gasteiger charge is -2.16. The molecule has 3 aromatic carbocycles. The molecule has 148 valence electrons. The van der Waals surface area contributed by atoms with Gasteiger partial charge in [-0.15, -0.1) is 0 Å². The first-order valence-corrected chi connectivity index (χ1v) is 9.50. The quantitative estimate of drug-likeness (QED) is 0.640. The number of aryl methyl sites for hydroxylation is 1. The molecule has 0 radical (unpaired) electrons. The maximum Gasteiger partial charge on any atom is 0.238 e. The van der Waals surface area contributed by atoms with E-state index in [1.165, 1.54) is 0 Å². The molecule has 29 heavy (non-hydrogen) atoms. The van der Waals surface area contributed by atoms with Crippen molar-refractivity contribution in [3.05, 3.63) is 84.4 Å². The van der Waals surface area contributed by atoms with Gasteiger partial charge in [0.2, 0.25) is 11.8 Å². The van der Waals surface area contributed by atoms with E-state index in [2.05, 4.69) is 10.6 Å². The first-order valence-electron chi connectivity index (χ1n) is 9.50. The van der Waals surface area contributed by atoms with Crippen LogP contribution in [0.25, 0.3) is 11.1 Å². The fourth-order valence-corrected chi connectivity index (χ4v) is 2.96. The highest BCUT2D eigenvalue weighted by Crippen LogP contribution is 2.20. The maximum absolute atomic E-state index is 12.3. The maximum atomic E-state index is 12.3. The van der Waals surface area contributed by atoms with Gasteiger partial charge in [-0.3, -0.25) is 14.5 Å². The first kappa shape index (κ1) is 20.3. The molecule has 0 fully saturated rings. The summed E-state index contributed by atoms with van der Waals surface area (Å²) in [6.45, 7) is 2.25. The molecular formula is C24H25N3O2. The Morgan fingerprint density at radius 1 is 0.690 bits per heavy atom. The van der Waals surface area contributed by atoms with Crippen molar-refractivity contribution in [3.8, 4) is 11.1 Å². The Morgan fingerprint density at radius 3 is 1.66 bits per heavy atom. The SMILES string of the molecule is Cc1ccc(NC(=O)CN(C)CC(=O)Nc2ccc(-c3ccccc3)cc2)cc1. The standard InChI is InChI=1S/C24H25N3O2/c1-18-8-12-21(13-9-18)25-23(28)16-27(2)17-24(29)26-22-14-10-20(11-15-22)19-6-4-3-5-7-19/h3-15H,16-17H2,1-2H3,(H,25,28)(H,26,29). The van der Waals surface area contributed by atoms with Crippen molar-refractivity contribution >= 4 is 23.2 Å². The van der Waals surface area contributed by atoms with E-state index >= 15 is 0 Å². The molecule has 0 atom stereocenters. The summed E-state index contributed by atoms with van der Waals surface area (Å²) in [5, 5.41) is 5.70. The van der Waals surface area contributed by atoms with Gasteiger partial charge in [-0.05, 0) is 49.4 Å². The summed E-state index contributed by atoms with van der Waals surface area (Å²) in [7, 11) is 1.74. The minimum absolute atomic E-state index is 0.127. The Bertz CT molecular complexity index is 952. The van der Waals surface area contributed by atoms with Crippen LogP contribution in [0.5, 0.6) is 0 Å². The van der Waals surface area contributed by atoms with Crippen molar-refractivity contribution in [3.63, 3.8) is 0 Å². The predicted molar refractivity (Wildman–Crippen MR) is 118 cm³/mol. The van der Waals surface area contributed by atoms with Crippen molar-refractivity contribution in [2.45, 2.75) is 6.92 Å². The van der Waals surface area contributed by atoms with Gasteiger partial charge in [-0.25, -0.2) is 0 Å². The average Bonchev–Trinajstić information content (AvgIpc) is 2.70. The van der Waals surface area contributed by atoms with Crippen LogP contribution in [0.4, 0.5) is 11.4 Å². The Hall–Kier alpha value is -3.44. The molecule has 2 amide bonds. The number of carbonyl (C=O) groups excluding carboxylic acids is 2. The number of rotatable bonds is 7. The molecule has 0 aliphatic rings. The zero-order chi connectivity index (χ0) is 20.6. The van der Waals surface area contributed by atoms with Crippen LogP contribution >= 0.6 is 0 Å². The van der Waals surface area contributed by atoms with Gasteiger partial charge in [-0.1, -0.05) is 60.2 Å². The highest BCUT2D eigenvalue weighted by molar-refractivity contribution is 5.94. The fourth-order valence-electron chi connectivity index (χ4n) is 2.96. The molecule has 0 bridgehead atoms. The third-order valence-electron chi connectivity index (χ3n) is 4.44. The summed E-state index contributed by atoms with van der Waals surface area (Å²) < 4.78 is 0. The molecule has 5 heteroatoms. The van der Waals surface area contributed by atoms with Crippen LogP contribution in [-0.4, -0.2) is 36.9 Å². The summed E-state index contributed by atoms with van der Waals surface area (Å²) in [6.07, 6.45) is 0. The van der Waals surface area contributed by atoms with E-state index in [9.17, 15) is 9.59 Å². The molecule has 0 spiro atoms. The smallest absolute Gasteiger partial charge is 0.238 e. The zero-order valence-corrected chi connectivity index (χ0v) is 16.7. The summed E-state index contributed by atoms with van der Waals surface area (Å²) in [4.78, 5) is 26.1. The van der Waals surface area contributed by atoms with Crippen LogP contribution in [0.15, 0.2) is 78.9 Å². The van der Waals surface area contributed by atoms with E-state index in [4.69, 9.17) is 0 Å². The first-order chi connectivity index (χ1) is 14.0. The molecule has 0 saturated heterocycles. The van der Waals surface area contributed by atoms with Crippen molar-refractivity contribution in [2.24, 2.45) is 0 Å². The molecule has 0 unspecified atom stereocenters. The summed E-state index contributed by atoms with van der Waals surface area (Å²) in [6, 6.07) is 25.4. The number of hydrogen-bond acceptors (Lipinski definition) is 3. The number of nitrogens with zero attached hydrogens (tertiary/aromatic N) is 1. The Morgan fingerprint density at radius 2 is 1.14 bits per heavy atom. The fraction of sp³-hybridized carbons (Fsp3) is 0.167. The monoisotopic (exact) mass is 387 g/mol. The van der Waals surface area contributed by atoms with Gasteiger partial charge in [0.05, 0.1) is 13.1 Å². The normalized spacial score (nSPS) is 10.6. The van der Waals surface area contributed by atoms with Crippen molar-refractivity contribution in [1.29, 1.82) is 0 Å². The number of carbonyl (C=O) groups is 2. The molecule has 0 saturated carbocycles. The van der Waals surface area contributed by atoms with Crippen LogP contribution < -0.4 is 10.6 Å². The van der Waals surface area contributed by atoms with Gasteiger partial charge in [0.1, 0.15) is 0 Å². The molecule has 0 aliphatic carbocycles. The molecule has 0 heterocycles. The van der Waals surface area contributed by atoms with Gasteiger partial charge >= 0.3 is 0 Å². The molecule has 0 aliphatic heterocycles.